The van der Waals surface area contributed by atoms with Crippen molar-refractivity contribution in [3.8, 4) is 23.3 Å². The van der Waals surface area contributed by atoms with E-state index >= 15 is 0 Å². The molecule has 5 nitrogen and oxygen atoms in total. The molecule has 0 spiro atoms. The Labute approximate surface area is 145 Å². The number of nitrogen functional groups attached to an aromatic ring is 1. The summed E-state index contributed by atoms with van der Waals surface area (Å²) in [4.78, 5) is 0. The van der Waals surface area contributed by atoms with Crippen LogP contribution < -0.4 is 19.9 Å². The van der Waals surface area contributed by atoms with Crippen molar-refractivity contribution >= 4 is 28.9 Å². The van der Waals surface area contributed by atoms with Gasteiger partial charge in [0.25, 0.3) is 0 Å². The molecule has 24 heavy (non-hydrogen) atoms. The van der Waals surface area contributed by atoms with Crippen LogP contribution in [-0.4, -0.2) is 21.3 Å². The molecule has 0 heterocycles. The average Bonchev–Trinajstić information content (AvgIpc) is 2.61. The van der Waals surface area contributed by atoms with Crippen LogP contribution in [0.4, 0.5) is 5.69 Å². The fourth-order valence-corrected chi connectivity index (χ4v) is 2.35. The second kappa shape index (κ2) is 7.62. The van der Waals surface area contributed by atoms with Gasteiger partial charge < -0.3 is 19.9 Å². The fraction of sp³-hybridized carbons (Fsp3) is 0.167. The summed E-state index contributed by atoms with van der Waals surface area (Å²) in [6.07, 6.45) is 1.72. The summed E-state index contributed by atoms with van der Waals surface area (Å²) in [5.74, 6) is 1.42. The zero-order valence-corrected chi connectivity index (χ0v) is 14.3. The van der Waals surface area contributed by atoms with Crippen molar-refractivity contribution in [2.75, 3.05) is 27.1 Å². The summed E-state index contributed by atoms with van der Waals surface area (Å²) in [5.41, 5.74) is 8.09. The number of benzene rings is 2. The maximum atomic E-state index is 9.53. The summed E-state index contributed by atoms with van der Waals surface area (Å²) in [6.45, 7) is 0. The lowest BCUT2D eigenvalue weighted by molar-refractivity contribution is 0.324. The van der Waals surface area contributed by atoms with E-state index in [1.54, 1.807) is 36.4 Å². The van der Waals surface area contributed by atoms with Crippen LogP contribution in [-0.2, 0) is 0 Å². The van der Waals surface area contributed by atoms with Gasteiger partial charge in [-0.1, -0.05) is 17.7 Å². The molecule has 2 N–H and O–H groups in total. The molecule has 0 fully saturated rings. The van der Waals surface area contributed by atoms with Gasteiger partial charge in [-0.2, -0.15) is 5.26 Å². The summed E-state index contributed by atoms with van der Waals surface area (Å²) in [6, 6.07) is 10.8. The van der Waals surface area contributed by atoms with E-state index in [4.69, 9.17) is 31.5 Å². The molecule has 2 rings (SSSR count). The lowest BCUT2D eigenvalue weighted by Crippen LogP contribution is -1.96. The van der Waals surface area contributed by atoms with E-state index in [9.17, 15) is 5.26 Å². The van der Waals surface area contributed by atoms with Crippen molar-refractivity contribution in [2.45, 2.75) is 0 Å². The van der Waals surface area contributed by atoms with Gasteiger partial charge in [0.05, 0.1) is 43.7 Å². The predicted molar refractivity (Wildman–Crippen MR) is 95.4 cm³/mol. The quantitative estimate of drug-likeness (QED) is 0.503. The van der Waals surface area contributed by atoms with Crippen LogP contribution >= 0.6 is 11.6 Å². The summed E-state index contributed by atoms with van der Waals surface area (Å²) >= 11 is 5.92. The molecular formula is C18H17ClN2O3. The molecule has 0 unspecified atom stereocenters. The Bertz CT molecular complexity index is 800. The molecule has 0 saturated heterocycles. The van der Waals surface area contributed by atoms with Crippen molar-refractivity contribution in [1.29, 1.82) is 5.26 Å². The number of nitrogens with two attached hydrogens (primary N) is 1. The lowest BCUT2D eigenvalue weighted by atomic mass is 10.0. The summed E-state index contributed by atoms with van der Waals surface area (Å²) < 4.78 is 15.9. The minimum Gasteiger partial charge on any atom is -0.493 e. The largest absolute Gasteiger partial charge is 0.493 e. The Morgan fingerprint density at radius 1 is 1.08 bits per heavy atom. The monoisotopic (exact) mass is 344 g/mol. The third kappa shape index (κ3) is 3.55. The van der Waals surface area contributed by atoms with Gasteiger partial charge in [0.1, 0.15) is 0 Å². The predicted octanol–water partition coefficient (Wildman–Crippen LogP) is 4.01. The van der Waals surface area contributed by atoms with Crippen LogP contribution in [0.1, 0.15) is 11.1 Å². The van der Waals surface area contributed by atoms with E-state index in [0.717, 1.165) is 5.56 Å². The van der Waals surface area contributed by atoms with Crippen molar-refractivity contribution in [2.24, 2.45) is 0 Å². The van der Waals surface area contributed by atoms with Crippen molar-refractivity contribution in [1.82, 2.24) is 0 Å². The second-order valence-electron chi connectivity index (χ2n) is 4.86. The molecule has 0 atom stereocenters. The Balaban J connectivity index is 2.56. The number of methoxy groups -OCH3 is 3. The minimum absolute atomic E-state index is 0.427. The molecule has 0 saturated carbocycles. The van der Waals surface area contributed by atoms with Crippen LogP contribution in [0.3, 0.4) is 0 Å². The normalized spacial score (nSPS) is 10.9. The van der Waals surface area contributed by atoms with E-state index in [-0.39, 0.29) is 0 Å². The zero-order chi connectivity index (χ0) is 17.7. The Morgan fingerprint density at radius 2 is 1.71 bits per heavy atom. The van der Waals surface area contributed by atoms with Gasteiger partial charge in [0.15, 0.2) is 11.5 Å². The highest BCUT2D eigenvalue weighted by Crippen LogP contribution is 2.40. The van der Waals surface area contributed by atoms with Crippen molar-refractivity contribution in [3.05, 3.63) is 46.5 Å². The first kappa shape index (κ1) is 17.5. The van der Waals surface area contributed by atoms with Crippen LogP contribution in [0.5, 0.6) is 17.2 Å². The van der Waals surface area contributed by atoms with E-state index in [2.05, 4.69) is 6.07 Å². The fourth-order valence-electron chi connectivity index (χ4n) is 2.24. The number of allylic oxidation sites excluding steroid dienone is 1. The summed E-state index contributed by atoms with van der Waals surface area (Å²) in [5, 5.41) is 10.0. The molecule has 6 heteroatoms. The first-order valence-electron chi connectivity index (χ1n) is 7.01. The van der Waals surface area contributed by atoms with Gasteiger partial charge in [-0.15, -0.1) is 0 Å². The first-order valence-corrected chi connectivity index (χ1v) is 7.39. The third-order valence-electron chi connectivity index (χ3n) is 3.43. The number of rotatable bonds is 5. The average molecular weight is 345 g/mol. The Kier molecular flexibility index (Phi) is 5.56. The highest BCUT2D eigenvalue weighted by Gasteiger charge is 2.15. The molecule has 0 amide bonds. The number of hydrogen-bond acceptors (Lipinski definition) is 5. The summed E-state index contributed by atoms with van der Waals surface area (Å²) in [7, 11) is 4.57. The van der Waals surface area contributed by atoms with Gasteiger partial charge in [-0.25, -0.2) is 0 Å². The van der Waals surface area contributed by atoms with E-state index in [0.29, 0.717) is 39.1 Å². The number of nitrogens with zero attached hydrogens (tertiary/aromatic N) is 1. The molecule has 124 valence electrons. The third-order valence-corrected chi connectivity index (χ3v) is 3.77. The SMILES string of the molecule is COc1cc(/C(C#N)=C\c2ccc(Cl)c(N)c2)cc(OC)c1OC. The lowest BCUT2D eigenvalue weighted by Gasteiger charge is -2.13. The van der Waals surface area contributed by atoms with Crippen LogP contribution in [0, 0.1) is 11.3 Å². The zero-order valence-electron chi connectivity index (χ0n) is 13.6. The van der Waals surface area contributed by atoms with Crippen molar-refractivity contribution < 1.29 is 14.2 Å². The van der Waals surface area contributed by atoms with Gasteiger partial charge >= 0.3 is 0 Å². The molecule has 0 aromatic heterocycles. The van der Waals surface area contributed by atoms with Gasteiger partial charge in [0, 0.05) is 0 Å². The first-order chi connectivity index (χ1) is 11.5. The maximum absolute atomic E-state index is 9.53. The molecule has 0 aliphatic heterocycles. The number of halogens is 1. The number of nitriles is 1. The molecular weight excluding hydrogens is 328 g/mol. The molecule has 0 bridgehead atoms. The van der Waals surface area contributed by atoms with Crippen LogP contribution in [0.2, 0.25) is 5.02 Å². The number of ether oxygens (including phenoxy) is 3. The smallest absolute Gasteiger partial charge is 0.203 e. The van der Waals surface area contributed by atoms with E-state index in [1.807, 2.05) is 0 Å². The molecule has 0 radical (unpaired) electrons. The van der Waals surface area contributed by atoms with Gasteiger partial charge in [-0.3, -0.25) is 0 Å². The maximum Gasteiger partial charge on any atom is 0.203 e. The molecule has 0 aliphatic carbocycles. The Hall–Kier alpha value is -2.84. The van der Waals surface area contributed by atoms with Crippen LogP contribution in [0.15, 0.2) is 30.3 Å². The van der Waals surface area contributed by atoms with Crippen LogP contribution in [0.25, 0.3) is 11.6 Å². The van der Waals surface area contributed by atoms with E-state index < -0.39 is 0 Å². The standard InChI is InChI=1S/C18H17ClN2O3/c1-22-16-8-12(9-17(23-2)18(16)24-3)13(10-20)6-11-4-5-14(19)15(21)7-11/h4-9H,21H2,1-3H3/b13-6-. The molecule has 2 aromatic rings. The second-order valence-corrected chi connectivity index (χ2v) is 5.27. The highest BCUT2D eigenvalue weighted by atomic mass is 35.5. The molecule has 0 aliphatic rings. The van der Waals surface area contributed by atoms with Gasteiger partial charge in [0.2, 0.25) is 5.75 Å². The molecule has 2 aromatic carbocycles. The van der Waals surface area contributed by atoms with E-state index in [1.165, 1.54) is 21.3 Å². The number of anilines is 1. The highest BCUT2D eigenvalue weighted by molar-refractivity contribution is 6.33. The van der Waals surface area contributed by atoms with Crippen molar-refractivity contribution in [3.63, 3.8) is 0 Å². The topological polar surface area (TPSA) is 77.5 Å². The number of hydrogen-bond donors (Lipinski definition) is 1. The minimum atomic E-state index is 0.427. The Morgan fingerprint density at radius 3 is 2.17 bits per heavy atom. The van der Waals surface area contributed by atoms with Gasteiger partial charge in [-0.05, 0) is 41.5 Å².